The standard InChI is InChI=1S/C16H21N3O2/c1-16(2,3)21-12-15(20)18-14-8-5-4-7-13(14)11-19-10-6-9-17-19/h4-10H,11-12H2,1-3H3,(H,18,20). The van der Waals surface area contributed by atoms with Crippen molar-refractivity contribution in [2.24, 2.45) is 0 Å². The molecular formula is C16H21N3O2. The molecule has 0 bridgehead atoms. The van der Waals surface area contributed by atoms with E-state index in [1.807, 2.05) is 62.0 Å². The lowest BCUT2D eigenvalue weighted by molar-refractivity contribution is -0.125. The number of anilines is 1. The SMILES string of the molecule is CC(C)(C)OCC(=O)Nc1ccccc1Cn1cccn1. The van der Waals surface area contributed by atoms with E-state index in [1.54, 1.807) is 6.20 Å². The Hall–Kier alpha value is -2.14. The molecule has 0 saturated heterocycles. The van der Waals surface area contributed by atoms with Crippen molar-refractivity contribution in [1.29, 1.82) is 0 Å². The molecule has 1 N–H and O–H groups in total. The smallest absolute Gasteiger partial charge is 0.250 e. The molecule has 21 heavy (non-hydrogen) atoms. The van der Waals surface area contributed by atoms with E-state index in [0.29, 0.717) is 6.54 Å². The number of para-hydroxylation sites is 1. The van der Waals surface area contributed by atoms with Crippen LogP contribution in [-0.4, -0.2) is 27.9 Å². The Morgan fingerprint density at radius 1 is 1.29 bits per heavy atom. The second-order valence-electron chi connectivity index (χ2n) is 5.81. The van der Waals surface area contributed by atoms with E-state index in [0.717, 1.165) is 11.3 Å². The summed E-state index contributed by atoms with van der Waals surface area (Å²) in [7, 11) is 0. The van der Waals surface area contributed by atoms with Gasteiger partial charge in [-0.1, -0.05) is 18.2 Å². The van der Waals surface area contributed by atoms with Gasteiger partial charge >= 0.3 is 0 Å². The van der Waals surface area contributed by atoms with Crippen molar-refractivity contribution < 1.29 is 9.53 Å². The molecule has 2 aromatic rings. The minimum absolute atomic E-state index is 0.0413. The fourth-order valence-corrected chi connectivity index (χ4v) is 1.82. The highest BCUT2D eigenvalue weighted by Crippen LogP contribution is 2.16. The molecule has 0 atom stereocenters. The predicted molar refractivity (Wildman–Crippen MR) is 82.1 cm³/mol. The van der Waals surface area contributed by atoms with Gasteiger partial charge in [-0.3, -0.25) is 9.48 Å². The Balaban J connectivity index is 2.01. The topological polar surface area (TPSA) is 56.1 Å². The largest absolute Gasteiger partial charge is 0.366 e. The average Bonchev–Trinajstić information content (AvgIpc) is 2.91. The Morgan fingerprint density at radius 3 is 2.71 bits per heavy atom. The third-order valence-electron chi connectivity index (χ3n) is 2.82. The second-order valence-corrected chi connectivity index (χ2v) is 5.81. The van der Waals surface area contributed by atoms with Crippen molar-refractivity contribution in [3.05, 3.63) is 48.3 Å². The molecule has 1 amide bonds. The minimum Gasteiger partial charge on any atom is -0.366 e. The lowest BCUT2D eigenvalue weighted by Crippen LogP contribution is -2.27. The zero-order chi connectivity index (χ0) is 15.3. The number of rotatable bonds is 5. The van der Waals surface area contributed by atoms with Gasteiger partial charge in [0.2, 0.25) is 5.91 Å². The molecule has 0 saturated carbocycles. The number of carbonyl (C=O) groups is 1. The summed E-state index contributed by atoms with van der Waals surface area (Å²) in [6.07, 6.45) is 3.62. The molecule has 1 aromatic heterocycles. The summed E-state index contributed by atoms with van der Waals surface area (Å²) >= 11 is 0. The Labute approximate surface area is 124 Å². The first-order valence-corrected chi connectivity index (χ1v) is 6.93. The Kier molecular flexibility index (Phi) is 4.75. The molecule has 0 aliphatic carbocycles. The van der Waals surface area contributed by atoms with Gasteiger partial charge in [0.05, 0.1) is 12.1 Å². The molecule has 112 valence electrons. The van der Waals surface area contributed by atoms with Gasteiger partial charge in [0, 0.05) is 18.1 Å². The van der Waals surface area contributed by atoms with Crippen LogP contribution in [0.1, 0.15) is 26.3 Å². The van der Waals surface area contributed by atoms with Crippen LogP contribution < -0.4 is 5.32 Å². The van der Waals surface area contributed by atoms with Gasteiger partial charge in [-0.05, 0) is 38.5 Å². The van der Waals surface area contributed by atoms with Gasteiger partial charge in [0.15, 0.2) is 0 Å². The quantitative estimate of drug-likeness (QED) is 0.920. The van der Waals surface area contributed by atoms with Crippen molar-refractivity contribution in [2.45, 2.75) is 32.9 Å². The summed E-state index contributed by atoms with van der Waals surface area (Å²) in [4.78, 5) is 12.0. The monoisotopic (exact) mass is 287 g/mol. The highest BCUT2D eigenvalue weighted by Gasteiger charge is 2.14. The van der Waals surface area contributed by atoms with Crippen LogP contribution in [-0.2, 0) is 16.1 Å². The maximum absolute atomic E-state index is 12.0. The maximum atomic E-state index is 12.0. The van der Waals surface area contributed by atoms with E-state index in [-0.39, 0.29) is 18.1 Å². The van der Waals surface area contributed by atoms with Crippen molar-refractivity contribution in [3.63, 3.8) is 0 Å². The summed E-state index contributed by atoms with van der Waals surface area (Å²) in [6.45, 7) is 6.42. The fraction of sp³-hybridized carbons (Fsp3) is 0.375. The zero-order valence-electron chi connectivity index (χ0n) is 12.7. The van der Waals surface area contributed by atoms with E-state index < -0.39 is 0 Å². The second kappa shape index (κ2) is 6.54. The van der Waals surface area contributed by atoms with Gasteiger partial charge < -0.3 is 10.1 Å². The lowest BCUT2D eigenvalue weighted by Gasteiger charge is -2.19. The first-order valence-electron chi connectivity index (χ1n) is 6.93. The van der Waals surface area contributed by atoms with E-state index in [4.69, 9.17) is 4.74 Å². The van der Waals surface area contributed by atoms with Crippen molar-refractivity contribution in [2.75, 3.05) is 11.9 Å². The fourth-order valence-electron chi connectivity index (χ4n) is 1.82. The van der Waals surface area contributed by atoms with E-state index >= 15 is 0 Å². The molecule has 0 aliphatic rings. The molecule has 5 nitrogen and oxygen atoms in total. The van der Waals surface area contributed by atoms with Crippen LogP contribution in [0.4, 0.5) is 5.69 Å². The van der Waals surface area contributed by atoms with Crippen molar-refractivity contribution in [1.82, 2.24) is 9.78 Å². The number of aromatic nitrogens is 2. The van der Waals surface area contributed by atoms with Gasteiger partial charge in [0.25, 0.3) is 0 Å². The highest BCUT2D eigenvalue weighted by molar-refractivity contribution is 5.92. The first kappa shape index (κ1) is 15.3. The summed E-state index contributed by atoms with van der Waals surface area (Å²) in [5, 5.41) is 7.07. The molecule has 1 heterocycles. The number of benzene rings is 1. The number of amides is 1. The molecule has 1 aromatic carbocycles. The molecule has 0 spiro atoms. The number of hydrogen-bond donors (Lipinski definition) is 1. The van der Waals surface area contributed by atoms with Crippen LogP contribution in [0, 0.1) is 0 Å². The number of hydrogen-bond acceptors (Lipinski definition) is 3. The molecular weight excluding hydrogens is 266 g/mol. The van der Waals surface area contributed by atoms with E-state index in [1.165, 1.54) is 0 Å². The molecule has 0 fully saturated rings. The summed E-state index contributed by atoms with van der Waals surface area (Å²) in [5.41, 5.74) is 1.46. The van der Waals surface area contributed by atoms with Crippen LogP contribution in [0.5, 0.6) is 0 Å². The van der Waals surface area contributed by atoms with Gasteiger partial charge in [-0.25, -0.2) is 0 Å². The molecule has 0 radical (unpaired) electrons. The zero-order valence-corrected chi connectivity index (χ0v) is 12.7. The van der Waals surface area contributed by atoms with Gasteiger partial charge in [-0.15, -0.1) is 0 Å². The minimum atomic E-state index is -0.327. The lowest BCUT2D eigenvalue weighted by atomic mass is 10.1. The van der Waals surface area contributed by atoms with Crippen LogP contribution in [0.2, 0.25) is 0 Å². The van der Waals surface area contributed by atoms with Crippen LogP contribution >= 0.6 is 0 Å². The normalized spacial score (nSPS) is 11.4. The number of nitrogens with one attached hydrogen (secondary N) is 1. The summed E-state index contributed by atoms with van der Waals surface area (Å²) in [5.74, 6) is -0.155. The van der Waals surface area contributed by atoms with Gasteiger partial charge in [-0.2, -0.15) is 5.10 Å². The molecule has 5 heteroatoms. The van der Waals surface area contributed by atoms with Crippen LogP contribution in [0.15, 0.2) is 42.7 Å². The third kappa shape index (κ3) is 5.04. The number of ether oxygens (including phenoxy) is 1. The number of carbonyl (C=O) groups excluding carboxylic acids is 1. The number of nitrogens with zero attached hydrogens (tertiary/aromatic N) is 2. The van der Waals surface area contributed by atoms with E-state index in [9.17, 15) is 4.79 Å². The Morgan fingerprint density at radius 2 is 2.05 bits per heavy atom. The first-order chi connectivity index (χ1) is 9.94. The maximum Gasteiger partial charge on any atom is 0.250 e. The average molecular weight is 287 g/mol. The van der Waals surface area contributed by atoms with Crippen LogP contribution in [0.25, 0.3) is 0 Å². The van der Waals surface area contributed by atoms with Gasteiger partial charge in [0.1, 0.15) is 6.61 Å². The Bertz CT molecular complexity index is 586. The van der Waals surface area contributed by atoms with E-state index in [2.05, 4.69) is 10.4 Å². The predicted octanol–water partition coefficient (Wildman–Crippen LogP) is 2.69. The third-order valence-corrected chi connectivity index (χ3v) is 2.82. The highest BCUT2D eigenvalue weighted by atomic mass is 16.5. The van der Waals surface area contributed by atoms with Crippen molar-refractivity contribution in [3.8, 4) is 0 Å². The summed E-state index contributed by atoms with van der Waals surface area (Å²) < 4.78 is 7.30. The van der Waals surface area contributed by atoms with Crippen molar-refractivity contribution >= 4 is 11.6 Å². The van der Waals surface area contributed by atoms with Crippen LogP contribution in [0.3, 0.4) is 0 Å². The molecule has 0 unspecified atom stereocenters. The molecule has 2 rings (SSSR count). The molecule has 0 aliphatic heterocycles. The summed E-state index contributed by atoms with van der Waals surface area (Å²) in [6, 6.07) is 9.57.